The van der Waals surface area contributed by atoms with E-state index >= 15 is 0 Å². The molecule has 2 N–H and O–H groups in total. The van der Waals surface area contributed by atoms with Crippen LogP contribution in [-0.4, -0.2) is 28.6 Å². The number of aromatic nitrogens is 3. The van der Waals surface area contributed by atoms with Crippen LogP contribution in [0.1, 0.15) is 13.3 Å². The fourth-order valence-electron chi connectivity index (χ4n) is 0.783. The highest BCUT2D eigenvalue weighted by atomic mass is 16.5. The first-order valence-electron chi connectivity index (χ1n) is 4.02. The number of aromatic amines is 1. The predicted octanol–water partition coefficient (Wildman–Crippen LogP) is -0.00460. The van der Waals surface area contributed by atoms with Crippen molar-refractivity contribution in [2.45, 2.75) is 13.3 Å². The molecule has 0 bridgehead atoms. The van der Waals surface area contributed by atoms with Crippen LogP contribution >= 0.6 is 0 Å². The second kappa shape index (κ2) is 4.44. The van der Waals surface area contributed by atoms with Gasteiger partial charge in [-0.3, -0.25) is 4.98 Å². The van der Waals surface area contributed by atoms with Gasteiger partial charge in [0.2, 0.25) is 5.95 Å². The van der Waals surface area contributed by atoms with E-state index in [0.29, 0.717) is 5.95 Å². The standard InChI is InChI=1S/C7H12N4O2/c1-3-4-8-5-9-6(12)11-7(10-5)13-2/h3-4H2,1-2H3,(H2,8,9,10,11,12). The summed E-state index contributed by atoms with van der Waals surface area (Å²) in [7, 11) is 1.42. The number of nitrogens with zero attached hydrogens (tertiary/aromatic N) is 2. The molecular formula is C7H12N4O2. The molecule has 1 aromatic rings. The van der Waals surface area contributed by atoms with Crippen molar-refractivity contribution in [3.8, 4) is 6.01 Å². The van der Waals surface area contributed by atoms with Crippen molar-refractivity contribution in [2.75, 3.05) is 19.0 Å². The van der Waals surface area contributed by atoms with Crippen LogP contribution in [0.25, 0.3) is 0 Å². The zero-order chi connectivity index (χ0) is 9.68. The van der Waals surface area contributed by atoms with Crippen molar-refractivity contribution in [3.63, 3.8) is 0 Å². The number of H-pyrrole nitrogens is 1. The van der Waals surface area contributed by atoms with Gasteiger partial charge in [0, 0.05) is 6.54 Å². The number of ether oxygens (including phenoxy) is 1. The fourth-order valence-corrected chi connectivity index (χ4v) is 0.783. The highest BCUT2D eigenvalue weighted by molar-refractivity contribution is 5.23. The third kappa shape index (κ3) is 2.73. The molecule has 6 heteroatoms. The lowest BCUT2D eigenvalue weighted by atomic mass is 10.5. The lowest BCUT2D eigenvalue weighted by molar-refractivity contribution is 0.377. The van der Waals surface area contributed by atoms with Gasteiger partial charge < -0.3 is 10.1 Å². The van der Waals surface area contributed by atoms with Crippen molar-refractivity contribution in [1.82, 2.24) is 15.0 Å². The molecule has 0 aliphatic rings. The van der Waals surface area contributed by atoms with Gasteiger partial charge in [-0.15, -0.1) is 4.98 Å². The van der Waals surface area contributed by atoms with Crippen LogP contribution in [0, 0.1) is 0 Å². The van der Waals surface area contributed by atoms with Crippen molar-refractivity contribution in [3.05, 3.63) is 10.5 Å². The SMILES string of the molecule is CCCNc1nc(OC)nc(=O)[nH]1. The Balaban J connectivity index is 2.82. The van der Waals surface area contributed by atoms with E-state index < -0.39 is 5.69 Å². The summed E-state index contributed by atoms with van der Waals surface area (Å²) in [5.74, 6) is 0.388. The predicted molar refractivity (Wildman–Crippen MR) is 48.0 cm³/mol. The number of methoxy groups -OCH3 is 1. The quantitative estimate of drug-likeness (QED) is 0.688. The smallest absolute Gasteiger partial charge is 0.352 e. The van der Waals surface area contributed by atoms with Gasteiger partial charge in [-0.1, -0.05) is 6.92 Å². The highest BCUT2D eigenvalue weighted by Crippen LogP contribution is 1.99. The Morgan fingerprint density at radius 2 is 2.31 bits per heavy atom. The van der Waals surface area contributed by atoms with Crippen LogP contribution in [0.3, 0.4) is 0 Å². The molecule has 0 saturated heterocycles. The lowest BCUT2D eigenvalue weighted by Crippen LogP contribution is -2.17. The van der Waals surface area contributed by atoms with E-state index in [1.807, 2.05) is 6.92 Å². The molecule has 0 fully saturated rings. The molecule has 0 spiro atoms. The van der Waals surface area contributed by atoms with E-state index in [4.69, 9.17) is 4.74 Å². The van der Waals surface area contributed by atoms with E-state index in [1.165, 1.54) is 7.11 Å². The number of hydrogen-bond acceptors (Lipinski definition) is 5. The van der Waals surface area contributed by atoms with Gasteiger partial charge in [-0.2, -0.15) is 4.98 Å². The van der Waals surface area contributed by atoms with E-state index in [0.717, 1.165) is 13.0 Å². The molecule has 1 aromatic heterocycles. The molecule has 0 amide bonds. The van der Waals surface area contributed by atoms with Gasteiger partial charge in [0.25, 0.3) is 0 Å². The third-order valence-corrected chi connectivity index (χ3v) is 1.35. The van der Waals surface area contributed by atoms with Crippen molar-refractivity contribution in [2.24, 2.45) is 0 Å². The first kappa shape index (κ1) is 9.50. The Bertz CT molecular complexity index is 323. The van der Waals surface area contributed by atoms with Crippen LogP contribution in [0.4, 0.5) is 5.95 Å². The van der Waals surface area contributed by atoms with Gasteiger partial charge in [0.15, 0.2) is 0 Å². The van der Waals surface area contributed by atoms with Crippen molar-refractivity contribution >= 4 is 5.95 Å². The molecule has 1 heterocycles. The fraction of sp³-hybridized carbons (Fsp3) is 0.571. The summed E-state index contributed by atoms with van der Waals surface area (Å²) in [6, 6.07) is 0.0716. The Morgan fingerprint density at radius 3 is 2.92 bits per heavy atom. The van der Waals surface area contributed by atoms with Crippen LogP contribution in [0.5, 0.6) is 6.01 Å². The van der Waals surface area contributed by atoms with Gasteiger partial charge in [0.05, 0.1) is 7.11 Å². The summed E-state index contributed by atoms with van der Waals surface area (Å²) in [5.41, 5.74) is -0.467. The zero-order valence-electron chi connectivity index (χ0n) is 7.63. The maximum absolute atomic E-state index is 10.9. The minimum Gasteiger partial charge on any atom is -0.467 e. The van der Waals surface area contributed by atoms with E-state index in [2.05, 4.69) is 20.3 Å². The summed E-state index contributed by atoms with van der Waals surface area (Å²) < 4.78 is 4.73. The van der Waals surface area contributed by atoms with Crippen LogP contribution < -0.4 is 15.7 Å². The normalized spacial score (nSPS) is 9.69. The molecule has 0 aliphatic heterocycles. The molecule has 72 valence electrons. The average Bonchev–Trinajstić information content (AvgIpc) is 2.14. The summed E-state index contributed by atoms with van der Waals surface area (Å²) in [4.78, 5) is 20.7. The second-order valence-electron chi connectivity index (χ2n) is 2.42. The van der Waals surface area contributed by atoms with Gasteiger partial charge >= 0.3 is 11.7 Å². The van der Waals surface area contributed by atoms with E-state index in [1.54, 1.807) is 0 Å². The molecule has 0 radical (unpaired) electrons. The summed E-state index contributed by atoms with van der Waals surface area (Å²) >= 11 is 0. The van der Waals surface area contributed by atoms with E-state index in [-0.39, 0.29) is 6.01 Å². The Morgan fingerprint density at radius 1 is 1.54 bits per heavy atom. The highest BCUT2D eigenvalue weighted by Gasteiger charge is 2.00. The largest absolute Gasteiger partial charge is 0.467 e. The molecule has 6 nitrogen and oxygen atoms in total. The first-order chi connectivity index (χ1) is 6.26. The van der Waals surface area contributed by atoms with Crippen molar-refractivity contribution in [1.29, 1.82) is 0 Å². The second-order valence-corrected chi connectivity index (χ2v) is 2.42. The number of nitrogens with one attached hydrogen (secondary N) is 2. The monoisotopic (exact) mass is 184 g/mol. The Labute approximate surface area is 75.4 Å². The van der Waals surface area contributed by atoms with Crippen LogP contribution in [-0.2, 0) is 0 Å². The number of anilines is 1. The molecule has 0 atom stereocenters. The summed E-state index contributed by atoms with van der Waals surface area (Å²) in [5, 5.41) is 2.92. The zero-order valence-corrected chi connectivity index (χ0v) is 7.63. The minimum atomic E-state index is -0.467. The molecule has 13 heavy (non-hydrogen) atoms. The summed E-state index contributed by atoms with van der Waals surface area (Å²) in [6.45, 7) is 2.76. The third-order valence-electron chi connectivity index (χ3n) is 1.35. The van der Waals surface area contributed by atoms with Gasteiger partial charge in [-0.05, 0) is 6.42 Å². The minimum absolute atomic E-state index is 0.0716. The average molecular weight is 184 g/mol. The Hall–Kier alpha value is -1.59. The molecule has 0 aromatic carbocycles. The van der Waals surface area contributed by atoms with Gasteiger partial charge in [-0.25, -0.2) is 4.79 Å². The van der Waals surface area contributed by atoms with Crippen LogP contribution in [0.2, 0.25) is 0 Å². The van der Waals surface area contributed by atoms with E-state index in [9.17, 15) is 4.79 Å². The molecular weight excluding hydrogens is 172 g/mol. The lowest BCUT2D eigenvalue weighted by Gasteiger charge is -2.03. The molecule has 0 saturated carbocycles. The van der Waals surface area contributed by atoms with Crippen LogP contribution in [0.15, 0.2) is 4.79 Å². The maximum atomic E-state index is 10.9. The van der Waals surface area contributed by atoms with Gasteiger partial charge in [0.1, 0.15) is 0 Å². The summed E-state index contributed by atoms with van der Waals surface area (Å²) in [6.07, 6.45) is 0.953. The first-order valence-corrected chi connectivity index (χ1v) is 4.02. The Kier molecular flexibility index (Phi) is 3.24. The van der Waals surface area contributed by atoms with Crippen molar-refractivity contribution < 1.29 is 4.74 Å². The topological polar surface area (TPSA) is 79.9 Å². The molecule has 0 unspecified atom stereocenters. The molecule has 1 rings (SSSR count). The number of rotatable bonds is 4. The number of hydrogen-bond donors (Lipinski definition) is 2. The molecule has 0 aliphatic carbocycles. The maximum Gasteiger partial charge on any atom is 0.352 e.